The summed E-state index contributed by atoms with van der Waals surface area (Å²) >= 11 is 0. The number of anilines is 1. The van der Waals surface area contributed by atoms with Gasteiger partial charge in [-0.2, -0.15) is 5.26 Å². The maximum absolute atomic E-state index is 12.5. The number of carbonyl (C=O) groups is 2. The summed E-state index contributed by atoms with van der Waals surface area (Å²) in [7, 11) is 0. The Bertz CT molecular complexity index is 768. The van der Waals surface area contributed by atoms with Crippen LogP contribution in [-0.4, -0.2) is 31.6 Å². The molecule has 0 heterocycles. The van der Waals surface area contributed by atoms with Crippen molar-refractivity contribution >= 4 is 17.6 Å². The van der Waals surface area contributed by atoms with E-state index in [4.69, 9.17) is 14.7 Å². The standard InChI is InChI=1S/C19H18N2O4/c1-2-24-19(23)13-21(16-8-4-3-5-9-16)18(22)14-25-17-10-6-7-15(11-17)12-20/h3-11H,2,13-14H2,1H3. The Balaban J connectivity index is 2.09. The van der Waals surface area contributed by atoms with Crippen molar-refractivity contribution in [2.75, 3.05) is 24.7 Å². The van der Waals surface area contributed by atoms with Crippen LogP contribution < -0.4 is 9.64 Å². The van der Waals surface area contributed by atoms with Gasteiger partial charge in [0, 0.05) is 5.69 Å². The number of esters is 1. The summed E-state index contributed by atoms with van der Waals surface area (Å²) in [6.07, 6.45) is 0. The molecule has 2 aromatic rings. The molecule has 0 N–H and O–H groups in total. The molecule has 0 radical (unpaired) electrons. The van der Waals surface area contributed by atoms with E-state index in [9.17, 15) is 9.59 Å². The van der Waals surface area contributed by atoms with Gasteiger partial charge in [0.1, 0.15) is 12.3 Å². The zero-order chi connectivity index (χ0) is 18.1. The van der Waals surface area contributed by atoms with Crippen molar-refractivity contribution in [2.24, 2.45) is 0 Å². The molecule has 0 aromatic heterocycles. The second-order valence-electron chi connectivity index (χ2n) is 5.05. The Morgan fingerprint density at radius 3 is 2.56 bits per heavy atom. The smallest absolute Gasteiger partial charge is 0.326 e. The average molecular weight is 338 g/mol. The van der Waals surface area contributed by atoms with Gasteiger partial charge >= 0.3 is 5.97 Å². The Hall–Kier alpha value is -3.33. The fraction of sp³-hybridized carbons (Fsp3) is 0.211. The molecule has 0 atom stereocenters. The molecule has 0 unspecified atom stereocenters. The minimum absolute atomic E-state index is 0.196. The zero-order valence-electron chi connectivity index (χ0n) is 13.8. The number of amides is 1. The molecule has 2 aromatic carbocycles. The van der Waals surface area contributed by atoms with Crippen LogP contribution in [0, 0.1) is 11.3 Å². The lowest BCUT2D eigenvalue weighted by molar-refractivity contribution is -0.142. The highest BCUT2D eigenvalue weighted by molar-refractivity contribution is 5.98. The van der Waals surface area contributed by atoms with Crippen molar-refractivity contribution in [3.8, 4) is 11.8 Å². The molecular weight excluding hydrogens is 320 g/mol. The van der Waals surface area contributed by atoms with Gasteiger partial charge in [0.2, 0.25) is 0 Å². The number of para-hydroxylation sites is 1. The first-order chi connectivity index (χ1) is 12.1. The van der Waals surface area contributed by atoms with E-state index in [0.29, 0.717) is 17.0 Å². The van der Waals surface area contributed by atoms with Gasteiger partial charge in [0.15, 0.2) is 6.61 Å². The Morgan fingerprint density at radius 1 is 1.12 bits per heavy atom. The zero-order valence-corrected chi connectivity index (χ0v) is 13.8. The van der Waals surface area contributed by atoms with Crippen LogP contribution in [0.2, 0.25) is 0 Å². The number of benzene rings is 2. The van der Waals surface area contributed by atoms with Crippen molar-refractivity contribution < 1.29 is 19.1 Å². The maximum atomic E-state index is 12.5. The first-order valence-corrected chi connectivity index (χ1v) is 7.78. The number of nitrogens with zero attached hydrogens (tertiary/aromatic N) is 2. The number of hydrogen-bond donors (Lipinski definition) is 0. The molecule has 6 heteroatoms. The molecular formula is C19H18N2O4. The SMILES string of the molecule is CCOC(=O)CN(C(=O)COc1cccc(C#N)c1)c1ccccc1. The lowest BCUT2D eigenvalue weighted by Gasteiger charge is -2.22. The topological polar surface area (TPSA) is 79.6 Å². The van der Waals surface area contributed by atoms with Gasteiger partial charge in [0.25, 0.3) is 5.91 Å². The predicted molar refractivity (Wildman–Crippen MR) is 92.1 cm³/mol. The van der Waals surface area contributed by atoms with E-state index in [-0.39, 0.29) is 25.7 Å². The molecule has 0 fully saturated rings. The Kier molecular flexibility index (Phi) is 6.55. The van der Waals surface area contributed by atoms with Gasteiger partial charge in [-0.1, -0.05) is 24.3 Å². The molecule has 1 amide bonds. The van der Waals surface area contributed by atoms with Crippen LogP contribution in [0.5, 0.6) is 5.75 Å². The van der Waals surface area contributed by atoms with Gasteiger partial charge < -0.3 is 9.47 Å². The predicted octanol–water partition coefficient (Wildman–Crippen LogP) is 2.53. The molecule has 128 valence electrons. The van der Waals surface area contributed by atoms with Gasteiger partial charge in [-0.3, -0.25) is 14.5 Å². The minimum Gasteiger partial charge on any atom is -0.484 e. The number of nitriles is 1. The van der Waals surface area contributed by atoms with Crippen LogP contribution >= 0.6 is 0 Å². The quantitative estimate of drug-likeness (QED) is 0.725. The second-order valence-corrected chi connectivity index (χ2v) is 5.05. The van der Waals surface area contributed by atoms with E-state index in [1.165, 1.54) is 4.90 Å². The fourth-order valence-corrected chi connectivity index (χ4v) is 2.15. The van der Waals surface area contributed by atoms with Crippen LogP contribution in [0.15, 0.2) is 54.6 Å². The molecule has 0 spiro atoms. The van der Waals surface area contributed by atoms with Gasteiger partial charge in [-0.15, -0.1) is 0 Å². The largest absolute Gasteiger partial charge is 0.484 e. The minimum atomic E-state index is -0.494. The summed E-state index contributed by atoms with van der Waals surface area (Å²) in [6, 6.07) is 17.4. The normalized spacial score (nSPS) is 9.76. The van der Waals surface area contributed by atoms with Crippen molar-refractivity contribution in [3.05, 3.63) is 60.2 Å². The van der Waals surface area contributed by atoms with E-state index < -0.39 is 5.97 Å². The van der Waals surface area contributed by atoms with Crippen LogP contribution in [0.3, 0.4) is 0 Å². The van der Waals surface area contributed by atoms with E-state index in [1.807, 2.05) is 12.1 Å². The molecule has 0 bridgehead atoms. The second kappa shape index (κ2) is 9.08. The van der Waals surface area contributed by atoms with Crippen LogP contribution in [0.4, 0.5) is 5.69 Å². The summed E-state index contributed by atoms with van der Waals surface area (Å²) in [6.45, 7) is 1.49. The van der Waals surface area contributed by atoms with Crippen molar-refractivity contribution in [3.63, 3.8) is 0 Å². The van der Waals surface area contributed by atoms with Gasteiger partial charge in [-0.25, -0.2) is 0 Å². The molecule has 25 heavy (non-hydrogen) atoms. The lowest BCUT2D eigenvalue weighted by Crippen LogP contribution is -2.39. The lowest BCUT2D eigenvalue weighted by atomic mass is 10.2. The fourth-order valence-electron chi connectivity index (χ4n) is 2.15. The first kappa shape index (κ1) is 18.0. The van der Waals surface area contributed by atoms with E-state index >= 15 is 0 Å². The molecule has 6 nitrogen and oxygen atoms in total. The van der Waals surface area contributed by atoms with Crippen molar-refractivity contribution in [1.82, 2.24) is 0 Å². The molecule has 0 aliphatic carbocycles. The third-order valence-electron chi connectivity index (χ3n) is 3.29. The highest BCUT2D eigenvalue weighted by atomic mass is 16.5. The van der Waals surface area contributed by atoms with Crippen molar-refractivity contribution in [2.45, 2.75) is 6.92 Å². The number of carbonyl (C=O) groups excluding carboxylic acids is 2. The van der Waals surface area contributed by atoms with E-state index in [2.05, 4.69) is 0 Å². The molecule has 0 saturated carbocycles. The highest BCUT2D eigenvalue weighted by Gasteiger charge is 2.20. The number of hydrogen-bond acceptors (Lipinski definition) is 5. The number of ether oxygens (including phenoxy) is 2. The summed E-state index contributed by atoms with van der Waals surface area (Å²) < 4.78 is 10.4. The number of rotatable bonds is 7. The molecule has 0 saturated heterocycles. The molecule has 0 aliphatic heterocycles. The summed E-state index contributed by atoms with van der Waals surface area (Å²) in [4.78, 5) is 25.6. The third kappa shape index (κ3) is 5.36. The highest BCUT2D eigenvalue weighted by Crippen LogP contribution is 2.16. The maximum Gasteiger partial charge on any atom is 0.326 e. The Labute approximate surface area is 146 Å². The van der Waals surface area contributed by atoms with E-state index in [1.54, 1.807) is 55.5 Å². The molecule has 2 rings (SSSR count). The summed E-state index contributed by atoms with van der Waals surface area (Å²) in [5.41, 5.74) is 1.02. The van der Waals surface area contributed by atoms with Crippen LogP contribution in [-0.2, 0) is 14.3 Å². The molecule has 0 aliphatic rings. The Morgan fingerprint density at radius 2 is 1.88 bits per heavy atom. The summed E-state index contributed by atoms with van der Waals surface area (Å²) in [5, 5.41) is 8.89. The van der Waals surface area contributed by atoms with Gasteiger partial charge in [0.05, 0.1) is 18.2 Å². The van der Waals surface area contributed by atoms with E-state index in [0.717, 1.165) is 0 Å². The first-order valence-electron chi connectivity index (χ1n) is 7.78. The van der Waals surface area contributed by atoms with Crippen molar-refractivity contribution in [1.29, 1.82) is 5.26 Å². The summed E-state index contributed by atoms with van der Waals surface area (Å²) in [5.74, 6) is -0.468. The van der Waals surface area contributed by atoms with Crippen LogP contribution in [0.25, 0.3) is 0 Å². The monoisotopic (exact) mass is 338 g/mol. The average Bonchev–Trinajstić information content (AvgIpc) is 2.65. The van der Waals surface area contributed by atoms with Gasteiger partial charge in [-0.05, 0) is 37.3 Å². The van der Waals surface area contributed by atoms with Crippen LogP contribution in [0.1, 0.15) is 12.5 Å². The third-order valence-corrected chi connectivity index (χ3v) is 3.29.